The number of rotatable bonds is 3. The fourth-order valence-electron chi connectivity index (χ4n) is 1.92. The molecule has 11 heavy (non-hydrogen) atoms. The van der Waals surface area contributed by atoms with Crippen LogP contribution in [0, 0.1) is 0 Å². The second-order valence-corrected chi connectivity index (χ2v) is 3.59. The predicted molar refractivity (Wildman–Crippen MR) is 48.5 cm³/mol. The smallest absolute Gasteiger partial charge is 0.0304 e. The van der Waals surface area contributed by atoms with Gasteiger partial charge >= 0.3 is 0 Å². The van der Waals surface area contributed by atoms with Gasteiger partial charge in [-0.2, -0.15) is 0 Å². The van der Waals surface area contributed by atoms with Crippen LogP contribution in [0.25, 0.3) is 0 Å². The molecule has 1 saturated heterocycles. The van der Waals surface area contributed by atoms with Crippen molar-refractivity contribution in [3.8, 4) is 0 Å². The normalized spacial score (nSPS) is 25.9. The van der Waals surface area contributed by atoms with Crippen LogP contribution in [0.2, 0.25) is 0 Å². The van der Waals surface area contributed by atoms with Crippen LogP contribution in [0.4, 0.5) is 0 Å². The summed E-state index contributed by atoms with van der Waals surface area (Å²) in [5, 5.41) is 3.47. The third-order valence-corrected chi connectivity index (χ3v) is 3.07. The standard InChI is InChI=1S/C9H20N2/c1-3-9(10,4-2)8-6-5-7-11-8/h8,11H,3-7,10H2,1-2H3. The molecule has 0 aromatic heterocycles. The van der Waals surface area contributed by atoms with E-state index in [0.717, 1.165) is 19.4 Å². The zero-order chi connectivity index (χ0) is 8.32. The summed E-state index contributed by atoms with van der Waals surface area (Å²) in [6, 6.07) is 0.567. The molecule has 2 nitrogen and oxygen atoms in total. The SMILES string of the molecule is CCC(N)(CC)C1CCCN1. The number of nitrogens with two attached hydrogens (primary N) is 1. The molecule has 0 bridgehead atoms. The van der Waals surface area contributed by atoms with Gasteiger partial charge in [0.25, 0.3) is 0 Å². The average molecular weight is 156 g/mol. The van der Waals surface area contributed by atoms with E-state index in [1.165, 1.54) is 12.8 Å². The molecule has 1 atom stereocenters. The van der Waals surface area contributed by atoms with Gasteiger partial charge in [0.05, 0.1) is 0 Å². The maximum atomic E-state index is 6.24. The summed E-state index contributed by atoms with van der Waals surface area (Å²) in [4.78, 5) is 0. The molecule has 1 fully saturated rings. The highest BCUT2D eigenvalue weighted by molar-refractivity contribution is 4.96. The Balaban J connectivity index is 2.52. The lowest BCUT2D eigenvalue weighted by atomic mass is 9.85. The summed E-state index contributed by atoms with van der Waals surface area (Å²) in [7, 11) is 0. The second kappa shape index (κ2) is 3.55. The van der Waals surface area contributed by atoms with Crippen LogP contribution in [0.15, 0.2) is 0 Å². The van der Waals surface area contributed by atoms with Crippen molar-refractivity contribution in [3.63, 3.8) is 0 Å². The van der Waals surface area contributed by atoms with Gasteiger partial charge in [-0.15, -0.1) is 0 Å². The Labute approximate surface area is 69.5 Å². The molecule has 2 heteroatoms. The van der Waals surface area contributed by atoms with Gasteiger partial charge in [0.15, 0.2) is 0 Å². The van der Waals surface area contributed by atoms with E-state index in [4.69, 9.17) is 5.73 Å². The van der Waals surface area contributed by atoms with E-state index in [2.05, 4.69) is 19.2 Å². The molecule has 1 rings (SSSR count). The van der Waals surface area contributed by atoms with Crippen LogP contribution >= 0.6 is 0 Å². The molecule has 0 aromatic rings. The van der Waals surface area contributed by atoms with E-state index in [0.29, 0.717) is 6.04 Å². The number of nitrogens with one attached hydrogen (secondary N) is 1. The lowest BCUT2D eigenvalue weighted by molar-refractivity contribution is 0.298. The Kier molecular flexibility index (Phi) is 2.90. The highest BCUT2D eigenvalue weighted by atomic mass is 15.0. The fraction of sp³-hybridized carbons (Fsp3) is 1.00. The lowest BCUT2D eigenvalue weighted by Gasteiger charge is -2.33. The van der Waals surface area contributed by atoms with E-state index >= 15 is 0 Å². The van der Waals surface area contributed by atoms with Crippen LogP contribution in [0.3, 0.4) is 0 Å². The highest BCUT2D eigenvalue weighted by Crippen LogP contribution is 2.22. The van der Waals surface area contributed by atoms with Crippen LogP contribution in [-0.2, 0) is 0 Å². The van der Waals surface area contributed by atoms with Crippen molar-refractivity contribution in [3.05, 3.63) is 0 Å². The summed E-state index contributed by atoms with van der Waals surface area (Å²) in [6.45, 7) is 5.52. The summed E-state index contributed by atoms with van der Waals surface area (Å²) in [5.41, 5.74) is 6.29. The van der Waals surface area contributed by atoms with Gasteiger partial charge in [-0.1, -0.05) is 13.8 Å². The highest BCUT2D eigenvalue weighted by Gasteiger charge is 2.32. The Morgan fingerprint density at radius 2 is 2.09 bits per heavy atom. The van der Waals surface area contributed by atoms with E-state index in [9.17, 15) is 0 Å². The van der Waals surface area contributed by atoms with E-state index in [-0.39, 0.29) is 5.54 Å². The van der Waals surface area contributed by atoms with Gasteiger partial charge in [-0.05, 0) is 32.2 Å². The van der Waals surface area contributed by atoms with Gasteiger partial charge in [0.1, 0.15) is 0 Å². The molecule has 0 spiro atoms. The van der Waals surface area contributed by atoms with Crippen molar-refractivity contribution >= 4 is 0 Å². The first-order chi connectivity index (χ1) is 5.23. The van der Waals surface area contributed by atoms with Gasteiger partial charge in [-0.3, -0.25) is 0 Å². The molecule has 1 aliphatic heterocycles. The molecule has 0 amide bonds. The number of hydrogen-bond acceptors (Lipinski definition) is 2. The first kappa shape index (κ1) is 9.01. The van der Waals surface area contributed by atoms with Gasteiger partial charge in [-0.25, -0.2) is 0 Å². The predicted octanol–water partition coefficient (Wildman–Crippen LogP) is 1.26. The summed E-state index contributed by atoms with van der Waals surface area (Å²) < 4.78 is 0. The molecule has 0 saturated carbocycles. The maximum Gasteiger partial charge on any atom is 0.0304 e. The van der Waals surface area contributed by atoms with Crippen LogP contribution in [-0.4, -0.2) is 18.1 Å². The van der Waals surface area contributed by atoms with E-state index in [1.807, 2.05) is 0 Å². The largest absolute Gasteiger partial charge is 0.324 e. The molecular formula is C9H20N2. The van der Waals surface area contributed by atoms with Gasteiger partial charge in [0, 0.05) is 11.6 Å². The molecule has 0 aliphatic carbocycles. The molecule has 1 heterocycles. The van der Waals surface area contributed by atoms with Gasteiger partial charge < -0.3 is 11.1 Å². The summed E-state index contributed by atoms with van der Waals surface area (Å²) in [5.74, 6) is 0. The van der Waals surface area contributed by atoms with Crippen molar-refractivity contribution in [1.29, 1.82) is 0 Å². The Bertz CT molecular complexity index is 113. The minimum atomic E-state index is 0.0521. The Morgan fingerprint density at radius 3 is 2.45 bits per heavy atom. The molecule has 1 aliphatic rings. The molecule has 66 valence electrons. The first-order valence-corrected chi connectivity index (χ1v) is 4.75. The van der Waals surface area contributed by atoms with Gasteiger partial charge in [0.2, 0.25) is 0 Å². The Hall–Kier alpha value is -0.0800. The van der Waals surface area contributed by atoms with Crippen molar-refractivity contribution in [2.75, 3.05) is 6.54 Å². The molecule has 0 radical (unpaired) electrons. The molecule has 0 aromatic carbocycles. The monoisotopic (exact) mass is 156 g/mol. The van der Waals surface area contributed by atoms with Crippen LogP contribution in [0.1, 0.15) is 39.5 Å². The third kappa shape index (κ3) is 1.74. The quantitative estimate of drug-likeness (QED) is 0.645. The topological polar surface area (TPSA) is 38.0 Å². The van der Waals surface area contributed by atoms with Crippen molar-refractivity contribution in [1.82, 2.24) is 5.32 Å². The van der Waals surface area contributed by atoms with E-state index < -0.39 is 0 Å². The summed E-state index contributed by atoms with van der Waals surface area (Å²) in [6.07, 6.45) is 4.73. The number of hydrogen-bond donors (Lipinski definition) is 2. The Morgan fingerprint density at radius 1 is 1.45 bits per heavy atom. The molecule has 1 unspecified atom stereocenters. The van der Waals surface area contributed by atoms with E-state index in [1.54, 1.807) is 0 Å². The zero-order valence-electron chi connectivity index (χ0n) is 7.69. The van der Waals surface area contributed by atoms with Crippen LogP contribution in [0.5, 0.6) is 0 Å². The van der Waals surface area contributed by atoms with Crippen molar-refractivity contribution in [2.24, 2.45) is 5.73 Å². The summed E-state index contributed by atoms with van der Waals surface area (Å²) >= 11 is 0. The zero-order valence-corrected chi connectivity index (χ0v) is 7.69. The average Bonchev–Trinajstić information content (AvgIpc) is 2.55. The minimum absolute atomic E-state index is 0.0521. The second-order valence-electron chi connectivity index (χ2n) is 3.59. The lowest BCUT2D eigenvalue weighted by Crippen LogP contribution is -2.54. The molecular weight excluding hydrogens is 136 g/mol. The van der Waals surface area contributed by atoms with Crippen LogP contribution < -0.4 is 11.1 Å². The fourth-order valence-corrected chi connectivity index (χ4v) is 1.92. The van der Waals surface area contributed by atoms with Crippen molar-refractivity contribution in [2.45, 2.75) is 51.1 Å². The van der Waals surface area contributed by atoms with Crippen molar-refractivity contribution < 1.29 is 0 Å². The maximum absolute atomic E-state index is 6.24. The minimum Gasteiger partial charge on any atom is -0.324 e. The third-order valence-electron chi connectivity index (χ3n) is 3.07. The first-order valence-electron chi connectivity index (χ1n) is 4.75. The molecule has 3 N–H and O–H groups in total.